The summed E-state index contributed by atoms with van der Waals surface area (Å²) in [4.78, 5) is 14.8. The fraction of sp³-hybridized carbons (Fsp3) is 0.294. The molecule has 1 aliphatic rings. The highest BCUT2D eigenvalue weighted by atomic mass is 15.1. The third-order valence-corrected chi connectivity index (χ3v) is 4.09. The van der Waals surface area contributed by atoms with Gasteiger partial charge in [0.2, 0.25) is 0 Å². The monoisotopic (exact) mass is 278 g/mol. The van der Waals surface area contributed by atoms with Gasteiger partial charge in [0, 0.05) is 25.0 Å². The summed E-state index contributed by atoms with van der Waals surface area (Å²) in [6.45, 7) is 2.32. The van der Waals surface area contributed by atoms with E-state index in [1.54, 1.807) is 6.20 Å². The molecule has 1 aliphatic heterocycles. The first-order valence-corrected chi connectivity index (χ1v) is 7.56. The molecule has 0 amide bonds. The van der Waals surface area contributed by atoms with Crippen LogP contribution in [-0.4, -0.2) is 28.0 Å². The van der Waals surface area contributed by atoms with E-state index in [-0.39, 0.29) is 0 Å². The van der Waals surface area contributed by atoms with E-state index in [1.807, 2.05) is 18.2 Å². The quantitative estimate of drug-likeness (QED) is 0.778. The molecule has 3 aromatic rings. The topological polar surface area (TPSA) is 44.8 Å². The lowest BCUT2D eigenvalue weighted by Crippen LogP contribution is -2.29. The van der Waals surface area contributed by atoms with Gasteiger partial charge in [-0.25, -0.2) is 4.98 Å². The Labute approximate surface area is 123 Å². The number of hydrogen-bond acceptors (Lipinski definition) is 3. The molecular weight excluding hydrogens is 260 g/mol. The van der Waals surface area contributed by atoms with E-state index >= 15 is 0 Å². The SMILES string of the molecule is c1ccc(-c2nc3ccc(N4CCCCC4)cc3[nH]2)nc1. The van der Waals surface area contributed by atoms with Crippen molar-refractivity contribution in [2.45, 2.75) is 19.3 Å². The second kappa shape index (κ2) is 5.20. The van der Waals surface area contributed by atoms with Crippen molar-refractivity contribution in [2.75, 3.05) is 18.0 Å². The predicted molar refractivity (Wildman–Crippen MR) is 85.4 cm³/mol. The summed E-state index contributed by atoms with van der Waals surface area (Å²) in [7, 11) is 0. The molecule has 4 heteroatoms. The Kier molecular flexibility index (Phi) is 3.07. The number of fused-ring (bicyclic) bond motifs is 1. The van der Waals surface area contributed by atoms with Gasteiger partial charge in [-0.15, -0.1) is 0 Å². The number of pyridine rings is 1. The number of benzene rings is 1. The highest BCUT2D eigenvalue weighted by Crippen LogP contribution is 2.25. The number of nitrogens with one attached hydrogen (secondary N) is 1. The van der Waals surface area contributed by atoms with Crippen molar-refractivity contribution < 1.29 is 0 Å². The summed E-state index contributed by atoms with van der Waals surface area (Å²) in [5, 5.41) is 0. The van der Waals surface area contributed by atoms with Crippen LogP contribution in [0.5, 0.6) is 0 Å². The highest BCUT2D eigenvalue weighted by molar-refractivity contribution is 5.82. The van der Waals surface area contributed by atoms with Gasteiger partial charge in [0.25, 0.3) is 0 Å². The van der Waals surface area contributed by atoms with E-state index < -0.39 is 0 Å². The molecule has 0 saturated carbocycles. The Hall–Kier alpha value is -2.36. The summed E-state index contributed by atoms with van der Waals surface area (Å²) in [5.41, 5.74) is 4.25. The molecule has 0 spiro atoms. The number of rotatable bonds is 2. The molecule has 0 bridgehead atoms. The van der Waals surface area contributed by atoms with Crippen LogP contribution in [0.15, 0.2) is 42.6 Å². The van der Waals surface area contributed by atoms with Crippen molar-refractivity contribution in [3.63, 3.8) is 0 Å². The molecule has 4 nitrogen and oxygen atoms in total. The van der Waals surface area contributed by atoms with Crippen molar-refractivity contribution in [1.29, 1.82) is 0 Å². The number of piperidine rings is 1. The molecule has 1 N–H and O–H groups in total. The lowest BCUT2D eigenvalue weighted by Gasteiger charge is -2.28. The van der Waals surface area contributed by atoms with E-state index in [9.17, 15) is 0 Å². The van der Waals surface area contributed by atoms with Crippen LogP contribution < -0.4 is 4.90 Å². The summed E-state index contributed by atoms with van der Waals surface area (Å²) in [6.07, 6.45) is 5.73. The van der Waals surface area contributed by atoms with Crippen LogP contribution in [0, 0.1) is 0 Å². The molecule has 1 fully saturated rings. The average molecular weight is 278 g/mol. The standard InChI is InChI=1S/C17H18N4/c1-4-10-21(11-5-1)13-7-8-14-16(12-13)20-17(19-14)15-6-2-3-9-18-15/h2-3,6-9,12H,1,4-5,10-11H2,(H,19,20). The van der Waals surface area contributed by atoms with Gasteiger partial charge < -0.3 is 9.88 Å². The Balaban J connectivity index is 1.71. The molecule has 4 rings (SSSR count). The lowest BCUT2D eigenvalue weighted by atomic mass is 10.1. The highest BCUT2D eigenvalue weighted by Gasteiger charge is 2.12. The number of H-pyrrole nitrogens is 1. The first-order chi connectivity index (χ1) is 10.4. The minimum atomic E-state index is 0.835. The van der Waals surface area contributed by atoms with Gasteiger partial charge in [-0.05, 0) is 49.6 Å². The third kappa shape index (κ3) is 2.37. The van der Waals surface area contributed by atoms with Gasteiger partial charge in [0.1, 0.15) is 5.69 Å². The van der Waals surface area contributed by atoms with Crippen LogP contribution >= 0.6 is 0 Å². The van der Waals surface area contributed by atoms with Crippen LogP contribution in [0.25, 0.3) is 22.6 Å². The van der Waals surface area contributed by atoms with E-state index in [0.29, 0.717) is 0 Å². The molecule has 2 aromatic heterocycles. The normalized spacial score (nSPS) is 15.5. The number of aromatic amines is 1. The van der Waals surface area contributed by atoms with E-state index in [0.717, 1.165) is 35.6 Å². The van der Waals surface area contributed by atoms with Gasteiger partial charge >= 0.3 is 0 Å². The summed E-state index contributed by atoms with van der Waals surface area (Å²) in [6, 6.07) is 12.4. The average Bonchev–Trinajstić information content (AvgIpc) is 2.99. The maximum atomic E-state index is 4.63. The van der Waals surface area contributed by atoms with Gasteiger partial charge in [0.15, 0.2) is 5.82 Å². The van der Waals surface area contributed by atoms with Crippen LogP contribution in [-0.2, 0) is 0 Å². The third-order valence-electron chi connectivity index (χ3n) is 4.09. The van der Waals surface area contributed by atoms with Crippen molar-refractivity contribution in [2.24, 2.45) is 0 Å². The fourth-order valence-electron chi connectivity index (χ4n) is 2.97. The fourth-order valence-corrected chi connectivity index (χ4v) is 2.97. The number of aromatic nitrogens is 3. The zero-order valence-electron chi connectivity index (χ0n) is 11.9. The Bertz CT molecular complexity index is 742. The van der Waals surface area contributed by atoms with Crippen molar-refractivity contribution >= 4 is 16.7 Å². The van der Waals surface area contributed by atoms with E-state index in [1.165, 1.54) is 24.9 Å². The molecule has 0 unspecified atom stereocenters. The van der Waals surface area contributed by atoms with Crippen LogP contribution in [0.1, 0.15) is 19.3 Å². The van der Waals surface area contributed by atoms with Crippen molar-refractivity contribution in [1.82, 2.24) is 15.0 Å². The maximum Gasteiger partial charge on any atom is 0.157 e. The molecule has 1 aromatic carbocycles. The summed E-state index contributed by atoms with van der Waals surface area (Å²) < 4.78 is 0. The van der Waals surface area contributed by atoms with Gasteiger partial charge in [0.05, 0.1) is 11.0 Å². The summed E-state index contributed by atoms with van der Waals surface area (Å²) >= 11 is 0. The Morgan fingerprint density at radius 2 is 1.90 bits per heavy atom. The molecule has 0 atom stereocenters. The number of imidazole rings is 1. The largest absolute Gasteiger partial charge is 0.371 e. The van der Waals surface area contributed by atoms with Crippen molar-refractivity contribution in [3.05, 3.63) is 42.6 Å². The van der Waals surface area contributed by atoms with Gasteiger partial charge in [-0.2, -0.15) is 0 Å². The van der Waals surface area contributed by atoms with Gasteiger partial charge in [-0.1, -0.05) is 6.07 Å². The van der Waals surface area contributed by atoms with Gasteiger partial charge in [-0.3, -0.25) is 4.98 Å². The van der Waals surface area contributed by atoms with Crippen LogP contribution in [0.4, 0.5) is 5.69 Å². The molecule has 0 radical (unpaired) electrons. The number of nitrogens with zero attached hydrogens (tertiary/aromatic N) is 3. The first-order valence-electron chi connectivity index (χ1n) is 7.56. The number of anilines is 1. The second-order valence-electron chi connectivity index (χ2n) is 5.55. The zero-order valence-corrected chi connectivity index (χ0v) is 11.9. The molecule has 1 saturated heterocycles. The second-order valence-corrected chi connectivity index (χ2v) is 5.55. The predicted octanol–water partition coefficient (Wildman–Crippen LogP) is 3.62. The number of hydrogen-bond donors (Lipinski definition) is 1. The molecule has 21 heavy (non-hydrogen) atoms. The summed E-state index contributed by atoms with van der Waals surface area (Å²) in [5.74, 6) is 0.835. The van der Waals surface area contributed by atoms with E-state index in [4.69, 9.17) is 0 Å². The first kappa shape index (κ1) is 12.4. The van der Waals surface area contributed by atoms with Crippen molar-refractivity contribution in [3.8, 4) is 11.5 Å². The molecular formula is C17H18N4. The Morgan fingerprint density at radius 3 is 2.71 bits per heavy atom. The van der Waals surface area contributed by atoms with E-state index in [2.05, 4.69) is 38.1 Å². The molecule has 0 aliphatic carbocycles. The van der Waals surface area contributed by atoms with Crippen LogP contribution in [0.2, 0.25) is 0 Å². The van der Waals surface area contributed by atoms with Crippen LogP contribution in [0.3, 0.4) is 0 Å². The lowest BCUT2D eigenvalue weighted by molar-refractivity contribution is 0.578. The minimum absolute atomic E-state index is 0.835. The minimum Gasteiger partial charge on any atom is -0.371 e. The molecule has 3 heterocycles. The maximum absolute atomic E-state index is 4.63. The molecule has 106 valence electrons. The zero-order chi connectivity index (χ0) is 14.1. The Morgan fingerprint density at radius 1 is 1.00 bits per heavy atom. The smallest absolute Gasteiger partial charge is 0.157 e.